The molecular weight excluding hydrogens is 571 g/mol. The molecule has 0 aliphatic heterocycles. The molecule has 2 atom stereocenters. The summed E-state index contributed by atoms with van der Waals surface area (Å²) < 4.78 is 29.3. The van der Waals surface area contributed by atoms with Crippen LogP contribution in [-0.4, -0.2) is 90.7 Å². The van der Waals surface area contributed by atoms with E-state index in [2.05, 4.69) is 71.6 Å². The zero-order valence-corrected chi connectivity index (χ0v) is 28.9. The van der Waals surface area contributed by atoms with Gasteiger partial charge in [-0.15, -0.1) is 6.58 Å². The van der Waals surface area contributed by atoms with Crippen LogP contribution in [0.5, 0.6) is 0 Å². The minimum Gasteiger partial charge on any atom is -0.383 e. The molecule has 2 unspecified atom stereocenters. The molecule has 248 valence electrons. The van der Waals surface area contributed by atoms with Gasteiger partial charge in [0.15, 0.2) is 22.8 Å². The second-order valence-electron chi connectivity index (χ2n) is 10.8. The van der Waals surface area contributed by atoms with E-state index in [1.54, 1.807) is 40.1 Å². The molecule has 43 heavy (non-hydrogen) atoms. The highest BCUT2D eigenvalue weighted by atomic mass is 31.2. The molecule has 0 amide bonds. The van der Waals surface area contributed by atoms with Crippen LogP contribution in [0.15, 0.2) is 19.0 Å². The smallest absolute Gasteiger partial charge is 0.224 e. The number of carbonyl (C=O) groups is 1. The molecule has 0 aliphatic carbocycles. The van der Waals surface area contributed by atoms with Gasteiger partial charge in [-0.05, 0) is 46.6 Å². The molecule has 0 saturated carbocycles. The highest BCUT2D eigenvalue weighted by molar-refractivity contribution is 7.59. The Bertz CT molecular complexity index is 1130. The van der Waals surface area contributed by atoms with Gasteiger partial charge in [0.05, 0.1) is 24.6 Å². The van der Waals surface area contributed by atoms with Crippen LogP contribution in [0.4, 0.5) is 11.8 Å². The Labute approximate surface area is 258 Å². The third-order valence-electron chi connectivity index (χ3n) is 6.44. The summed E-state index contributed by atoms with van der Waals surface area (Å²) in [6.45, 7) is 23.0. The van der Waals surface area contributed by atoms with E-state index in [1.807, 2.05) is 11.5 Å². The number of carbonyl (C=O) groups excluding carboxylic acids is 1. The number of nitrogens with zero attached hydrogens (tertiary/aromatic N) is 4. The zero-order valence-electron chi connectivity index (χ0n) is 28.0. The van der Waals surface area contributed by atoms with Crippen LogP contribution in [0.3, 0.4) is 0 Å². The second-order valence-corrected chi connectivity index (χ2v) is 13.4. The van der Waals surface area contributed by atoms with E-state index in [0.29, 0.717) is 49.2 Å². The summed E-state index contributed by atoms with van der Waals surface area (Å²) in [5.74, 6) is 1.35. The van der Waals surface area contributed by atoms with Crippen LogP contribution in [0.1, 0.15) is 61.3 Å². The number of nitrogens with two attached hydrogens (primary N) is 1. The van der Waals surface area contributed by atoms with Crippen LogP contribution in [0.2, 0.25) is 0 Å². The molecule has 0 aromatic carbocycles. The number of anilines is 2. The average Bonchev–Trinajstić information content (AvgIpc) is 3.36. The predicted octanol–water partition coefficient (Wildman–Crippen LogP) is 4.50. The predicted molar refractivity (Wildman–Crippen MR) is 177 cm³/mol. The number of ether oxygens (including phenoxy) is 3. The van der Waals surface area contributed by atoms with Gasteiger partial charge < -0.3 is 29.8 Å². The average molecular weight is 629 g/mol. The second kappa shape index (κ2) is 21.3. The number of methoxy groups -OCH3 is 1. The number of rotatable bonds is 18. The Morgan fingerprint density at radius 2 is 1.84 bits per heavy atom. The lowest BCUT2D eigenvalue weighted by molar-refractivity contribution is -0.124. The van der Waals surface area contributed by atoms with Crippen LogP contribution in [0, 0.1) is 5.92 Å². The van der Waals surface area contributed by atoms with Gasteiger partial charge >= 0.3 is 0 Å². The largest absolute Gasteiger partial charge is 0.383 e. The molecule has 2 rings (SSSR count). The lowest BCUT2D eigenvalue weighted by atomic mass is 9.95. The van der Waals surface area contributed by atoms with Crippen molar-refractivity contribution < 1.29 is 23.6 Å². The van der Waals surface area contributed by atoms with Gasteiger partial charge in [-0.2, -0.15) is 9.97 Å². The molecule has 0 saturated heterocycles. The van der Waals surface area contributed by atoms with Crippen LogP contribution < -0.4 is 21.2 Å². The molecule has 0 aliphatic rings. The van der Waals surface area contributed by atoms with Crippen molar-refractivity contribution in [1.29, 1.82) is 0 Å². The van der Waals surface area contributed by atoms with Gasteiger partial charge in [-0.1, -0.05) is 33.8 Å². The molecule has 5 N–H and O–H groups in total. The number of ketones is 1. The van der Waals surface area contributed by atoms with Crippen molar-refractivity contribution in [2.75, 3.05) is 64.8 Å². The molecule has 2 aromatic rings. The Morgan fingerprint density at radius 3 is 2.37 bits per heavy atom. The Kier molecular flexibility index (Phi) is 20.1. The summed E-state index contributed by atoms with van der Waals surface area (Å²) in [5.41, 5.74) is 7.14. The van der Waals surface area contributed by atoms with Gasteiger partial charge in [0.2, 0.25) is 13.4 Å². The maximum atomic E-state index is 11.6. The van der Waals surface area contributed by atoms with E-state index in [-0.39, 0.29) is 23.9 Å². The van der Waals surface area contributed by atoms with Gasteiger partial charge in [-0.3, -0.25) is 14.4 Å². The summed E-state index contributed by atoms with van der Waals surface area (Å²) in [6, 6.07) is -0.454. The van der Waals surface area contributed by atoms with E-state index >= 15 is 0 Å². The third kappa shape index (κ3) is 16.3. The van der Waals surface area contributed by atoms with Crippen molar-refractivity contribution in [3.8, 4) is 0 Å². The number of fused-ring (bicyclic) bond motifs is 1. The molecule has 0 spiro atoms. The summed E-state index contributed by atoms with van der Waals surface area (Å²) in [6.07, 6.45) is 5.44. The van der Waals surface area contributed by atoms with Crippen LogP contribution in [-0.2, 0) is 30.1 Å². The van der Waals surface area contributed by atoms with Crippen molar-refractivity contribution in [1.82, 2.24) is 29.7 Å². The molecule has 0 radical (unpaired) electrons. The normalized spacial score (nSPS) is 13.4. The van der Waals surface area contributed by atoms with E-state index in [4.69, 9.17) is 19.9 Å². The highest BCUT2D eigenvalue weighted by Crippen LogP contribution is 2.29. The summed E-state index contributed by atoms with van der Waals surface area (Å²) >= 11 is 0. The van der Waals surface area contributed by atoms with Crippen molar-refractivity contribution in [3.05, 3.63) is 19.0 Å². The van der Waals surface area contributed by atoms with Crippen molar-refractivity contribution >= 4 is 36.2 Å². The number of hydrogen-bond acceptors (Lipinski definition) is 10. The summed E-state index contributed by atoms with van der Waals surface area (Å²) in [7, 11) is 0.649. The molecular formula is C29H57N8O5P. The fourth-order valence-corrected chi connectivity index (χ4v) is 4.10. The van der Waals surface area contributed by atoms with Crippen molar-refractivity contribution in [2.45, 2.75) is 79.5 Å². The van der Waals surface area contributed by atoms with E-state index in [1.165, 1.54) is 0 Å². The van der Waals surface area contributed by atoms with Crippen molar-refractivity contribution in [2.24, 2.45) is 5.92 Å². The van der Waals surface area contributed by atoms with E-state index in [0.717, 1.165) is 19.4 Å². The number of aromatic nitrogens is 4. The first-order chi connectivity index (χ1) is 20.2. The Hall–Kier alpha value is -2.41. The van der Waals surface area contributed by atoms with Gasteiger partial charge in [0.25, 0.3) is 0 Å². The molecule has 14 heteroatoms. The minimum absolute atomic E-state index is 0.0516. The van der Waals surface area contributed by atoms with Gasteiger partial charge in [0, 0.05) is 40.1 Å². The van der Waals surface area contributed by atoms with Crippen LogP contribution >= 0.6 is 7.44 Å². The maximum absolute atomic E-state index is 11.6. The Morgan fingerprint density at radius 1 is 1.19 bits per heavy atom. The monoisotopic (exact) mass is 628 g/mol. The number of imidazole rings is 1. The maximum Gasteiger partial charge on any atom is 0.224 e. The first-order valence-corrected chi connectivity index (χ1v) is 17.0. The fraction of sp³-hybridized carbons (Fsp3) is 0.724. The molecule has 2 aromatic heterocycles. The fourth-order valence-electron chi connectivity index (χ4n) is 3.09. The summed E-state index contributed by atoms with van der Waals surface area (Å²) in [4.78, 5) is 24.1. The topological polar surface area (TPSA) is 168 Å². The number of nitrogens with one attached hydrogen (secondary N) is 3. The Balaban J connectivity index is 0.000000644. The lowest BCUT2D eigenvalue weighted by Crippen LogP contribution is -2.36. The molecule has 0 bridgehead atoms. The third-order valence-corrected chi connectivity index (χ3v) is 8.18. The molecule has 2 heterocycles. The summed E-state index contributed by atoms with van der Waals surface area (Å²) in [5, 5.41) is 8.48. The minimum atomic E-state index is -2.60. The number of hydrogen-bond donors (Lipinski definition) is 4. The van der Waals surface area contributed by atoms with Crippen LogP contribution in [0.25, 0.3) is 11.2 Å². The molecule has 0 fully saturated rings. The first kappa shape index (κ1) is 40.6. The lowest BCUT2D eigenvalue weighted by Gasteiger charge is -2.29. The number of Topliss-reactive ketones (excluding diaryl/α,β-unsaturated/α-hetero) is 1. The van der Waals surface area contributed by atoms with Gasteiger partial charge in [-0.25, -0.2) is 10.1 Å². The van der Waals surface area contributed by atoms with Crippen molar-refractivity contribution in [3.63, 3.8) is 0 Å². The SMILES string of the molecule is C=CCNc1nc(N)nc2c1ncn2CCOC.CCCOC(C)(C)C(C)C.CCCOCC(=O)C(C)NP(C)(=O)NC. The number of nitrogen functional groups attached to an aromatic ring is 1. The molecule has 13 nitrogen and oxygen atoms in total. The van der Waals surface area contributed by atoms with Gasteiger partial charge in [0.1, 0.15) is 6.61 Å². The zero-order chi connectivity index (χ0) is 33.1. The highest BCUT2D eigenvalue weighted by Gasteiger charge is 2.22. The quantitative estimate of drug-likeness (QED) is 0.104. The first-order valence-electron chi connectivity index (χ1n) is 14.8. The standard InChI is InChI=1S/C11H16N6O.C9H21N2O3P.C9H20O/c1-3-4-13-9-8-10(16-11(12)15-9)17(7-14-8)5-6-18-2;1-5-6-14-7-9(12)8(2)11-15(4,13)10-3;1-6-7-10-9(4,5)8(2)3/h3,7H,1,4-6H2,2H3,(H3,12,13,15,16);8H,5-7H2,1-4H3,(H2,10,11,13);8H,6-7H2,1-5H3. The van der Waals surface area contributed by atoms with E-state index in [9.17, 15) is 9.36 Å². The van der Waals surface area contributed by atoms with E-state index < -0.39 is 13.5 Å².